The van der Waals surface area contributed by atoms with E-state index in [0.717, 1.165) is 45.3 Å². The van der Waals surface area contributed by atoms with Crippen molar-refractivity contribution < 1.29 is 28.6 Å². The minimum Gasteiger partial charge on any atom is -0.425 e. The highest BCUT2D eigenvalue weighted by Crippen LogP contribution is 2.37. The Labute approximate surface area is 165 Å². The summed E-state index contributed by atoms with van der Waals surface area (Å²) in [6, 6.07) is 5.77. The number of hydrogen-bond donors (Lipinski definition) is 2. The van der Waals surface area contributed by atoms with Gasteiger partial charge in [0.05, 0.1) is 12.6 Å². The summed E-state index contributed by atoms with van der Waals surface area (Å²) in [4.78, 5) is 33.5. The lowest BCUT2D eigenvalue weighted by Crippen LogP contribution is -2.41. The van der Waals surface area contributed by atoms with Crippen LogP contribution in [-0.2, 0) is 14.1 Å². The molecule has 1 fully saturated rings. The molecule has 1 aromatic carbocycles. The van der Waals surface area contributed by atoms with Crippen LogP contribution >= 0.6 is 7.60 Å². The van der Waals surface area contributed by atoms with Crippen LogP contribution in [0.1, 0.15) is 32.1 Å². The summed E-state index contributed by atoms with van der Waals surface area (Å²) in [6.07, 6.45) is 9.66. The number of carbonyl (C=O) groups is 1. The Hall–Kier alpha value is -1.50. The number of hydrogen-bond acceptors (Lipinski definition) is 5. The fourth-order valence-electron chi connectivity index (χ4n) is 3.79. The maximum Gasteiger partial charge on any atom is 0.359 e. The molecule has 0 amide bonds. The van der Waals surface area contributed by atoms with Crippen LogP contribution in [0.15, 0.2) is 36.4 Å². The predicted molar refractivity (Wildman–Crippen MR) is 106 cm³/mol. The van der Waals surface area contributed by atoms with Gasteiger partial charge in [0.25, 0.3) is 0 Å². The molecule has 1 aromatic rings. The molecular formula is C20H28NO6P. The maximum atomic E-state index is 12.5. The first-order valence-corrected chi connectivity index (χ1v) is 11.4. The zero-order chi connectivity index (χ0) is 20.0. The van der Waals surface area contributed by atoms with E-state index in [2.05, 4.69) is 17.1 Å². The van der Waals surface area contributed by atoms with E-state index in [9.17, 15) is 19.1 Å². The zero-order valence-corrected chi connectivity index (χ0v) is 16.8. The molecule has 2 unspecified atom stereocenters. The molecule has 0 radical (unpaired) electrons. The first kappa shape index (κ1) is 21.2. The highest BCUT2D eigenvalue weighted by molar-refractivity contribution is 7.60. The molecule has 154 valence electrons. The summed E-state index contributed by atoms with van der Waals surface area (Å²) in [7, 11) is -4.52. The lowest BCUT2D eigenvalue weighted by atomic mass is 9.94. The molecule has 0 spiro atoms. The van der Waals surface area contributed by atoms with E-state index in [1.807, 2.05) is 0 Å². The van der Waals surface area contributed by atoms with Crippen LogP contribution in [0, 0.1) is 5.92 Å². The standard InChI is InChI=1S/C20H28NO6P/c22-20(27-18-10-4-5-11-19(18)28(23,24)25)15-21(14-17-9-6-12-26-17)13-16-7-2-1-3-8-16/h1-2,4-5,10-11,16-17H,3,6-9,12-15H2,(H2,23,24,25). The van der Waals surface area contributed by atoms with Crippen molar-refractivity contribution in [2.75, 3.05) is 26.2 Å². The van der Waals surface area contributed by atoms with Crippen LogP contribution < -0.4 is 10.0 Å². The largest absolute Gasteiger partial charge is 0.425 e. The summed E-state index contributed by atoms with van der Waals surface area (Å²) >= 11 is 0. The SMILES string of the molecule is O=C(CN(CC1CC=CCC1)CC1CCCO1)Oc1ccccc1P(=O)(O)O. The number of benzene rings is 1. The van der Waals surface area contributed by atoms with Gasteiger partial charge in [-0.2, -0.15) is 0 Å². The number of para-hydroxylation sites is 1. The zero-order valence-electron chi connectivity index (χ0n) is 15.9. The minimum absolute atomic E-state index is 0.0650. The van der Waals surface area contributed by atoms with Crippen LogP contribution in [0.3, 0.4) is 0 Å². The van der Waals surface area contributed by atoms with Crippen LogP contribution in [0.5, 0.6) is 5.75 Å². The van der Waals surface area contributed by atoms with Gasteiger partial charge in [0, 0.05) is 19.7 Å². The van der Waals surface area contributed by atoms with Crippen LogP contribution in [0.25, 0.3) is 0 Å². The van der Waals surface area contributed by atoms with Gasteiger partial charge in [-0.25, -0.2) is 0 Å². The molecular weight excluding hydrogens is 381 g/mol. The molecule has 0 bridgehead atoms. The van der Waals surface area contributed by atoms with Crippen LogP contribution in [-0.4, -0.2) is 53.0 Å². The van der Waals surface area contributed by atoms with Gasteiger partial charge in [-0.3, -0.25) is 14.3 Å². The quantitative estimate of drug-likeness (QED) is 0.294. The average Bonchev–Trinajstić information content (AvgIpc) is 3.15. The monoisotopic (exact) mass is 409 g/mol. The van der Waals surface area contributed by atoms with Crippen molar-refractivity contribution in [3.8, 4) is 5.75 Å². The Bertz CT molecular complexity index is 740. The first-order valence-electron chi connectivity index (χ1n) is 9.76. The topological polar surface area (TPSA) is 96.3 Å². The van der Waals surface area contributed by atoms with E-state index >= 15 is 0 Å². The molecule has 1 aliphatic heterocycles. The van der Waals surface area contributed by atoms with Crippen molar-refractivity contribution in [3.05, 3.63) is 36.4 Å². The second-order valence-electron chi connectivity index (χ2n) is 7.47. The smallest absolute Gasteiger partial charge is 0.359 e. The Balaban J connectivity index is 1.64. The Morgan fingerprint density at radius 1 is 1.21 bits per heavy atom. The molecule has 8 heteroatoms. The summed E-state index contributed by atoms with van der Waals surface area (Å²) < 4.78 is 22.7. The summed E-state index contributed by atoms with van der Waals surface area (Å²) in [5.41, 5.74) is 0. The van der Waals surface area contributed by atoms with Crippen molar-refractivity contribution in [1.82, 2.24) is 4.90 Å². The van der Waals surface area contributed by atoms with Gasteiger partial charge in [0.1, 0.15) is 11.1 Å². The molecule has 0 saturated carbocycles. The maximum absolute atomic E-state index is 12.5. The predicted octanol–water partition coefficient (Wildman–Crippen LogP) is 2.23. The van der Waals surface area contributed by atoms with Crippen molar-refractivity contribution in [2.24, 2.45) is 5.92 Å². The highest BCUT2D eigenvalue weighted by atomic mass is 31.2. The van der Waals surface area contributed by atoms with Crippen LogP contribution in [0.2, 0.25) is 0 Å². The molecule has 1 saturated heterocycles. The normalized spacial score (nSPS) is 22.5. The summed E-state index contributed by atoms with van der Waals surface area (Å²) in [5.74, 6) is -0.120. The van der Waals surface area contributed by atoms with E-state index in [4.69, 9.17) is 9.47 Å². The fourth-order valence-corrected chi connectivity index (χ4v) is 4.48. The number of esters is 1. The van der Waals surface area contributed by atoms with Gasteiger partial charge < -0.3 is 19.3 Å². The van der Waals surface area contributed by atoms with Crippen molar-refractivity contribution >= 4 is 18.9 Å². The van der Waals surface area contributed by atoms with E-state index < -0.39 is 13.6 Å². The second kappa shape index (κ2) is 9.81. The van der Waals surface area contributed by atoms with E-state index in [0.29, 0.717) is 12.5 Å². The second-order valence-corrected chi connectivity index (χ2v) is 9.04. The lowest BCUT2D eigenvalue weighted by molar-refractivity contribution is -0.136. The van der Waals surface area contributed by atoms with E-state index in [1.54, 1.807) is 6.07 Å². The highest BCUT2D eigenvalue weighted by Gasteiger charge is 2.26. The molecule has 28 heavy (non-hydrogen) atoms. The van der Waals surface area contributed by atoms with Crippen molar-refractivity contribution in [2.45, 2.75) is 38.2 Å². The number of nitrogens with zero attached hydrogens (tertiary/aromatic N) is 1. The molecule has 0 aromatic heterocycles. The summed E-state index contributed by atoms with van der Waals surface area (Å²) in [6.45, 7) is 2.26. The molecule has 1 heterocycles. The molecule has 2 N–H and O–H groups in total. The number of rotatable bonds is 8. The Morgan fingerprint density at radius 3 is 2.71 bits per heavy atom. The van der Waals surface area contributed by atoms with Gasteiger partial charge in [-0.1, -0.05) is 24.3 Å². The third-order valence-corrected chi connectivity index (χ3v) is 6.13. The van der Waals surface area contributed by atoms with E-state index in [-0.39, 0.29) is 23.7 Å². The lowest BCUT2D eigenvalue weighted by Gasteiger charge is -2.29. The first-order chi connectivity index (χ1) is 13.4. The van der Waals surface area contributed by atoms with Gasteiger partial charge in [0.2, 0.25) is 0 Å². The Morgan fingerprint density at radius 2 is 2.04 bits per heavy atom. The average molecular weight is 409 g/mol. The van der Waals surface area contributed by atoms with Crippen LogP contribution in [0.4, 0.5) is 0 Å². The molecule has 7 nitrogen and oxygen atoms in total. The van der Waals surface area contributed by atoms with E-state index in [1.165, 1.54) is 18.2 Å². The van der Waals surface area contributed by atoms with Gasteiger partial charge in [-0.15, -0.1) is 0 Å². The molecule has 1 aliphatic carbocycles. The van der Waals surface area contributed by atoms with Crippen molar-refractivity contribution in [1.29, 1.82) is 0 Å². The third-order valence-electron chi connectivity index (χ3n) is 5.14. The fraction of sp³-hybridized carbons (Fsp3) is 0.550. The number of allylic oxidation sites excluding steroid dienone is 2. The minimum atomic E-state index is -4.52. The summed E-state index contributed by atoms with van der Waals surface area (Å²) in [5, 5.41) is -0.272. The third kappa shape index (κ3) is 6.26. The molecule has 2 atom stereocenters. The van der Waals surface area contributed by atoms with Crippen molar-refractivity contribution in [3.63, 3.8) is 0 Å². The Kier molecular flexibility index (Phi) is 7.43. The van der Waals surface area contributed by atoms with Gasteiger partial charge >= 0.3 is 13.6 Å². The van der Waals surface area contributed by atoms with Gasteiger partial charge in [0.15, 0.2) is 0 Å². The number of ether oxygens (including phenoxy) is 2. The number of carbonyl (C=O) groups excluding carboxylic acids is 1. The molecule has 2 aliphatic rings. The molecule has 3 rings (SSSR count). The van der Waals surface area contributed by atoms with Gasteiger partial charge in [-0.05, 0) is 50.2 Å².